The largest absolute Gasteiger partial charge is 0.383 e. The Balaban J connectivity index is 2.22. The Morgan fingerprint density at radius 2 is 2.16 bits per heavy atom. The fraction of sp³-hybridized carbons (Fsp3) is 0.231. The van der Waals surface area contributed by atoms with Gasteiger partial charge in [0.2, 0.25) is 0 Å². The van der Waals surface area contributed by atoms with Gasteiger partial charge in [0.05, 0.1) is 11.9 Å². The minimum atomic E-state index is 0.551. The molecule has 0 bridgehead atoms. The van der Waals surface area contributed by atoms with E-state index in [2.05, 4.69) is 55.8 Å². The lowest BCUT2D eigenvalue weighted by Crippen LogP contribution is -2.02. The van der Waals surface area contributed by atoms with Gasteiger partial charge in [-0.25, -0.2) is 9.97 Å². The minimum absolute atomic E-state index is 0.551. The van der Waals surface area contributed by atoms with Crippen molar-refractivity contribution in [2.45, 2.75) is 20.4 Å². The summed E-state index contributed by atoms with van der Waals surface area (Å²) in [5.41, 5.74) is 9.21. The van der Waals surface area contributed by atoms with Crippen LogP contribution in [-0.4, -0.2) is 14.5 Å². The van der Waals surface area contributed by atoms with Gasteiger partial charge in [-0.2, -0.15) is 0 Å². The molecule has 98 valence electrons. The maximum Gasteiger partial charge on any atom is 0.146 e. The molecule has 0 fully saturated rings. The monoisotopic (exact) mass is 336 g/mol. The molecule has 3 heterocycles. The summed E-state index contributed by atoms with van der Waals surface area (Å²) in [5.74, 6) is 0.551. The number of hydrogen-bond acceptors (Lipinski definition) is 4. The van der Waals surface area contributed by atoms with Gasteiger partial charge in [-0.05, 0) is 46.8 Å². The average Bonchev–Trinajstić information content (AvgIpc) is 2.89. The zero-order valence-electron chi connectivity index (χ0n) is 10.6. The number of thiophene rings is 1. The predicted octanol–water partition coefficient (Wildman–Crippen LogP) is 3.50. The molecule has 0 aliphatic heterocycles. The van der Waals surface area contributed by atoms with Crippen LogP contribution in [0.3, 0.4) is 0 Å². The molecule has 0 saturated heterocycles. The van der Waals surface area contributed by atoms with Gasteiger partial charge in [0.15, 0.2) is 0 Å². The number of halogens is 1. The summed E-state index contributed by atoms with van der Waals surface area (Å²) in [6.45, 7) is 4.96. The van der Waals surface area contributed by atoms with Crippen molar-refractivity contribution in [1.29, 1.82) is 0 Å². The zero-order chi connectivity index (χ0) is 13.6. The summed E-state index contributed by atoms with van der Waals surface area (Å²) in [4.78, 5) is 9.75. The lowest BCUT2D eigenvalue weighted by Gasteiger charge is -2.06. The minimum Gasteiger partial charge on any atom is -0.383 e. The number of nitrogens with zero attached hydrogens (tertiary/aromatic N) is 3. The molecular weight excluding hydrogens is 324 g/mol. The van der Waals surface area contributed by atoms with Crippen LogP contribution in [0.25, 0.3) is 11.0 Å². The maximum atomic E-state index is 5.97. The maximum absolute atomic E-state index is 5.97. The Morgan fingerprint density at radius 3 is 2.84 bits per heavy atom. The van der Waals surface area contributed by atoms with E-state index in [0.717, 1.165) is 27.6 Å². The Labute approximate surface area is 123 Å². The van der Waals surface area contributed by atoms with E-state index >= 15 is 0 Å². The Morgan fingerprint density at radius 1 is 1.37 bits per heavy atom. The second kappa shape index (κ2) is 4.61. The molecule has 4 nitrogen and oxygen atoms in total. The Hall–Kier alpha value is -1.40. The van der Waals surface area contributed by atoms with Crippen LogP contribution in [-0.2, 0) is 6.54 Å². The van der Waals surface area contributed by atoms with Gasteiger partial charge in [0.1, 0.15) is 17.8 Å². The standard InChI is InChI=1S/C13H13BrN4S/c1-7-8(2)18(5-10-9(14)3-4-19-10)13-11(7)12(15)16-6-17-13/h3-4,6H,5H2,1-2H3,(H2,15,16,17). The first-order chi connectivity index (χ1) is 9.09. The van der Waals surface area contributed by atoms with Gasteiger partial charge in [0.25, 0.3) is 0 Å². The van der Waals surface area contributed by atoms with Crippen molar-refractivity contribution >= 4 is 44.1 Å². The van der Waals surface area contributed by atoms with Crippen LogP contribution < -0.4 is 5.73 Å². The smallest absolute Gasteiger partial charge is 0.146 e. The first kappa shape index (κ1) is 12.6. The van der Waals surface area contributed by atoms with Gasteiger partial charge >= 0.3 is 0 Å². The molecule has 19 heavy (non-hydrogen) atoms. The van der Waals surface area contributed by atoms with E-state index in [1.165, 1.54) is 16.9 Å². The van der Waals surface area contributed by atoms with Crippen LogP contribution >= 0.6 is 27.3 Å². The molecule has 3 rings (SSSR count). The van der Waals surface area contributed by atoms with Crippen LogP contribution in [0, 0.1) is 13.8 Å². The van der Waals surface area contributed by atoms with Crippen LogP contribution in [0.2, 0.25) is 0 Å². The second-order valence-electron chi connectivity index (χ2n) is 4.45. The average molecular weight is 337 g/mol. The third kappa shape index (κ3) is 1.95. The molecule has 0 aliphatic rings. The molecule has 0 spiro atoms. The van der Waals surface area contributed by atoms with Gasteiger partial charge in [-0.15, -0.1) is 11.3 Å². The molecule has 3 aromatic rings. The van der Waals surface area contributed by atoms with Crippen molar-refractivity contribution in [2.24, 2.45) is 0 Å². The first-order valence-electron chi connectivity index (χ1n) is 5.87. The summed E-state index contributed by atoms with van der Waals surface area (Å²) in [6, 6.07) is 2.07. The highest BCUT2D eigenvalue weighted by molar-refractivity contribution is 9.10. The summed E-state index contributed by atoms with van der Waals surface area (Å²) in [5, 5.41) is 3.05. The van der Waals surface area contributed by atoms with Gasteiger partial charge in [-0.3, -0.25) is 0 Å². The summed E-state index contributed by atoms with van der Waals surface area (Å²) in [6.07, 6.45) is 1.52. The van der Waals surface area contributed by atoms with Gasteiger partial charge in [-0.1, -0.05) is 0 Å². The third-order valence-corrected chi connectivity index (χ3v) is 5.34. The summed E-state index contributed by atoms with van der Waals surface area (Å²) in [7, 11) is 0. The van der Waals surface area contributed by atoms with E-state index < -0.39 is 0 Å². The number of anilines is 1. The highest BCUT2D eigenvalue weighted by atomic mass is 79.9. The van der Waals surface area contributed by atoms with Crippen LogP contribution in [0.4, 0.5) is 5.82 Å². The normalized spacial score (nSPS) is 11.3. The van der Waals surface area contributed by atoms with Crippen LogP contribution in [0.5, 0.6) is 0 Å². The van der Waals surface area contributed by atoms with Crippen LogP contribution in [0.15, 0.2) is 22.2 Å². The Kier molecular flexibility index (Phi) is 3.06. The number of aromatic nitrogens is 3. The van der Waals surface area contributed by atoms with Crippen LogP contribution in [0.1, 0.15) is 16.1 Å². The molecule has 0 aliphatic carbocycles. The first-order valence-corrected chi connectivity index (χ1v) is 7.54. The molecule has 0 atom stereocenters. The number of fused-ring (bicyclic) bond motifs is 1. The van der Waals surface area contributed by atoms with Gasteiger partial charge in [0, 0.05) is 15.0 Å². The third-order valence-electron chi connectivity index (χ3n) is 3.43. The quantitative estimate of drug-likeness (QED) is 0.779. The highest BCUT2D eigenvalue weighted by Crippen LogP contribution is 2.30. The topological polar surface area (TPSA) is 56.7 Å². The van der Waals surface area contributed by atoms with Crippen molar-refractivity contribution < 1.29 is 0 Å². The van der Waals surface area contributed by atoms with E-state index in [-0.39, 0.29) is 0 Å². The molecule has 0 aromatic carbocycles. The SMILES string of the molecule is Cc1c(C)n(Cc2sccc2Br)c2ncnc(N)c12. The number of aryl methyl sites for hydroxylation is 1. The van der Waals surface area contributed by atoms with E-state index in [4.69, 9.17) is 5.73 Å². The molecule has 6 heteroatoms. The lowest BCUT2D eigenvalue weighted by atomic mass is 10.2. The molecule has 0 unspecified atom stereocenters. The van der Waals surface area contributed by atoms with Crippen molar-refractivity contribution in [2.75, 3.05) is 5.73 Å². The molecule has 0 radical (unpaired) electrons. The lowest BCUT2D eigenvalue weighted by molar-refractivity contribution is 0.799. The number of rotatable bonds is 2. The van der Waals surface area contributed by atoms with E-state index in [0.29, 0.717) is 5.82 Å². The van der Waals surface area contributed by atoms with Crippen molar-refractivity contribution in [3.05, 3.63) is 38.4 Å². The zero-order valence-corrected chi connectivity index (χ0v) is 13.0. The van der Waals surface area contributed by atoms with E-state index in [1.807, 2.05) is 0 Å². The second-order valence-corrected chi connectivity index (χ2v) is 6.30. The number of hydrogen-bond donors (Lipinski definition) is 1. The van der Waals surface area contributed by atoms with Crippen molar-refractivity contribution in [3.63, 3.8) is 0 Å². The summed E-state index contributed by atoms with van der Waals surface area (Å²) < 4.78 is 3.33. The molecule has 0 amide bonds. The molecule has 3 aromatic heterocycles. The van der Waals surface area contributed by atoms with Crippen molar-refractivity contribution in [3.8, 4) is 0 Å². The predicted molar refractivity (Wildman–Crippen MR) is 82.5 cm³/mol. The fourth-order valence-corrected chi connectivity index (χ4v) is 3.74. The molecule has 2 N–H and O–H groups in total. The number of nitrogen functional groups attached to an aromatic ring is 1. The fourth-order valence-electron chi connectivity index (χ4n) is 2.27. The highest BCUT2D eigenvalue weighted by Gasteiger charge is 2.16. The number of nitrogens with two attached hydrogens (primary N) is 1. The van der Waals surface area contributed by atoms with Gasteiger partial charge < -0.3 is 10.3 Å². The Bertz CT molecular complexity index is 759. The van der Waals surface area contributed by atoms with E-state index in [1.54, 1.807) is 11.3 Å². The molecular formula is C13H13BrN4S. The van der Waals surface area contributed by atoms with Crippen molar-refractivity contribution in [1.82, 2.24) is 14.5 Å². The van der Waals surface area contributed by atoms with E-state index in [9.17, 15) is 0 Å². The molecule has 0 saturated carbocycles. The summed E-state index contributed by atoms with van der Waals surface area (Å²) >= 11 is 5.31.